The lowest BCUT2D eigenvalue weighted by molar-refractivity contribution is -0.385. The van der Waals surface area contributed by atoms with E-state index < -0.39 is 10.5 Å². The van der Waals surface area contributed by atoms with Crippen LogP contribution in [0.15, 0.2) is 24.3 Å². The van der Waals surface area contributed by atoms with E-state index in [1.807, 2.05) is 6.92 Å². The third-order valence-electron chi connectivity index (χ3n) is 3.87. The Balaban J connectivity index is 3.33. The van der Waals surface area contributed by atoms with Crippen LogP contribution in [0, 0.1) is 16.0 Å². The second-order valence-corrected chi connectivity index (χ2v) is 6.70. The van der Waals surface area contributed by atoms with Crippen molar-refractivity contribution in [3.63, 3.8) is 0 Å². The molecule has 7 heteroatoms. The van der Waals surface area contributed by atoms with E-state index in [1.54, 1.807) is 26.0 Å². The number of carbonyl (C=O) groups excluding carboxylic acids is 2. The topological polar surface area (TPSA) is 80.5 Å². The smallest absolute Gasteiger partial charge is 0.269 e. The van der Waals surface area contributed by atoms with Gasteiger partial charge in [-0.3, -0.25) is 19.7 Å². The molecule has 0 aliphatic rings. The zero-order valence-corrected chi connectivity index (χ0v) is 15.9. The summed E-state index contributed by atoms with van der Waals surface area (Å²) < 4.78 is 0.511. The maximum absolute atomic E-state index is 12.1. The highest BCUT2D eigenvalue weighted by atomic mass is 127. The molecule has 0 aliphatic heterocycles. The number of ketones is 1. The van der Waals surface area contributed by atoms with E-state index in [-0.39, 0.29) is 29.8 Å². The molecule has 1 aromatic carbocycles. The summed E-state index contributed by atoms with van der Waals surface area (Å²) in [6.45, 7) is 6.81. The Hall–Kier alpha value is -1.51. The molecule has 1 amide bonds. The molecular formula is C16H21IN2O4. The Labute approximate surface area is 149 Å². The SMILES string of the molecule is CC(=O)N(CC(=O)C(C)C)C(C)(CI)c1cccc([N+](=O)[O-])c1. The molecule has 1 aromatic rings. The summed E-state index contributed by atoms with van der Waals surface area (Å²) in [6, 6.07) is 6.23. The number of benzene rings is 1. The number of carbonyl (C=O) groups is 2. The van der Waals surface area contributed by atoms with Gasteiger partial charge in [0, 0.05) is 29.4 Å². The second-order valence-electron chi connectivity index (χ2n) is 5.94. The number of Topliss-reactive ketones (excluding diaryl/α,β-unsaturated/α-hetero) is 1. The van der Waals surface area contributed by atoms with Crippen LogP contribution in [0.5, 0.6) is 0 Å². The highest BCUT2D eigenvalue weighted by molar-refractivity contribution is 14.1. The van der Waals surface area contributed by atoms with Gasteiger partial charge in [-0.05, 0) is 12.5 Å². The van der Waals surface area contributed by atoms with Crippen LogP contribution in [0.4, 0.5) is 5.69 Å². The van der Waals surface area contributed by atoms with Crippen molar-refractivity contribution in [2.24, 2.45) is 5.92 Å². The fourth-order valence-corrected chi connectivity index (χ4v) is 3.08. The van der Waals surface area contributed by atoms with E-state index in [0.29, 0.717) is 9.99 Å². The summed E-state index contributed by atoms with van der Waals surface area (Å²) in [4.78, 5) is 36.3. The van der Waals surface area contributed by atoms with Gasteiger partial charge in [0.05, 0.1) is 17.0 Å². The normalized spacial score (nSPS) is 13.5. The number of nitro benzene ring substituents is 1. The fraction of sp³-hybridized carbons (Fsp3) is 0.500. The number of rotatable bonds is 7. The zero-order chi connectivity index (χ0) is 17.8. The lowest BCUT2D eigenvalue weighted by atomic mass is 9.90. The van der Waals surface area contributed by atoms with Crippen molar-refractivity contribution in [3.8, 4) is 0 Å². The molecule has 1 unspecified atom stereocenters. The van der Waals surface area contributed by atoms with Gasteiger partial charge in [0.2, 0.25) is 5.91 Å². The maximum Gasteiger partial charge on any atom is 0.269 e. The Bertz CT molecular complexity index is 618. The van der Waals surface area contributed by atoms with Crippen LogP contribution in [0.3, 0.4) is 0 Å². The number of nitrogens with zero attached hydrogens (tertiary/aromatic N) is 2. The highest BCUT2D eigenvalue weighted by Gasteiger charge is 2.37. The van der Waals surface area contributed by atoms with Crippen molar-refractivity contribution >= 4 is 40.0 Å². The van der Waals surface area contributed by atoms with Crippen molar-refractivity contribution in [1.82, 2.24) is 4.90 Å². The minimum absolute atomic E-state index is 0.00477. The van der Waals surface area contributed by atoms with Gasteiger partial charge in [-0.2, -0.15) is 0 Å². The van der Waals surface area contributed by atoms with E-state index in [0.717, 1.165) is 0 Å². The van der Waals surface area contributed by atoms with Crippen LogP contribution in [-0.2, 0) is 15.1 Å². The monoisotopic (exact) mass is 432 g/mol. The molecule has 0 bridgehead atoms. The van der Waals surface area contributed by atoms with Crippen LogP contribution in [0.1, 0.15) is 33.3 Å². The Morgan fingerprint density at radius 2 is 2.00 bits per heavy atom. The molecule has 0 heterocycles. The first-order valence-electron chi connectivity index (χ1n) is 7.25. The van der Waals surface area contributed by atoms with Crippen molar-refractivity contribution in [2.45, 2.75) is 33.2 Å². The van der Waals surface area contributed by atoms with Crippen LogP contribution in [-0.4, -0.2) is 32.5 Å². The predicted octanol–water partition coefficient (Wildman–Crippen LogP) is 3.32. The van der Waals surface area contributed by atoms with E-state index in [4.69, 9.17) is 0 Å². The van der Waals surface area contributed by atoms with Gasteiger partial charge in [0.1, 0.15) is 0 Å². The molecular weight excluding hydrogens is 411 g/mol. The lowest BCUT2D eigenvalue weighted by Gasteiger charge is -2.40. The summed E-state index contributed by atoms with van der Waals surface area (Å²) in [5, 5.41) is 11.0. The summed E-state index contributed by atoms with van der Waals surface area (Å²) in [7, 11) is 0. The maximum atomic E-state index is 12.1. The summed E-state index contributed by atoms with van der Waals surface area (Å²) in [5.41, 5.74) is -0.173. The molecule has 1 atom stereocenters. The van der Waals surface area contributed by atoms with Crippen LogP contribution >= 0.6 is 22.6 Å². The van der Waals surface area contributed by atoms with Gasteiger partial charge in [-0.15, -0.1) is 0 Å². The average Bonchev–Trinajstić information content (AvgIpc) is 2.51. The molecule has 0 fully saturated rings. The van der Waals surface area contributed by atoms with Gasteiger partial charge in [-0.1, -0.05) is 48.6 Å². The standard InChI is InChI=1S/C16H21IN2O4/c1-11(2)15(21)9-18(12(3)20)16(4,10-17)13-6-5-7-14(8-13)19(22)23/h5-8,11H,9-10H2,1-4H3. The first-order chi connectivity index (χ1) is 10.6. The second kappa shape index (κ2) is 7.85. The van der Waals surface area contributed by atoms with Crippen LogP contribution in [0.2, 0.25) is 0 Å². The first kappa shape index (κ1) is 19.5. The van der Waals surface area contributed by atoms with E-state index >= 15 is 0 Å². The molecule has 126 valence electrons. The molecule has 6 nitrogen and oxygen atoms in total. The summed E-state index contributed by atoms with van der Waals surface area (Å²) in [6.07, 6.45) is 0. The first-order valence-corrected chi connectivity index (χ1v) is 8.78. The summed E-state index contributed by atoms with van der Waals surface area (Å²) >= 11 is 2.14. The van der Waals surface area contributed by atoms with Gasteiger partial charge in [0.15, 0.2) is 5.78 Å². The minimum Gasteiger partial charge on any atom is -0.325 e. The van der Waals surface area contributed by atoms with E-state index in [9.17, 15) is 19.7 Å². The fourth-order valence-electron chi connectivity index (χ4n) is 2.23. The molecule has 1 rings (SSSR count). The van der Waals surface area contributed by atoms with Crippen molar-refractivity contribution in [2.75, 3.05) is 11.0 Å². The van der Waals surface area contributed by atoms with Crippen molar-refractivity contribution < 1.29 is 14.5 Å². The molecule has 0 aromatic heterocycles. The number of alkyl halides is 1. The van der Waals surface area contributed by atoms with Crippen LogP contribution < -0.4 is 0 Å². The number of hydrogen-bond acceptors (Lipinski definition) is 4. The van der Waals surface area contributed by atoms with Gasteiger partial charge in [-0.25, -0.2) is 0 Å². The number of hydrogen-bond donors (Lipinski definition) is 0. The molecule has 0 radical (unpaired) electrons. The number of halogens is 1. The van der Waals surface area contributed by atoms with E-state index in [1.165, 1.54) is 24.0 Å². The van der Waals surface area contributed by atoms with Crippen molar-refractivity contribution in [3.05, 3.63) is 39.9 Å². The van der Waals surface area contributed by atoms with Crippen LogP contribution in [0.25, 0.3) is 0 Å². The number of amides is 1. The van der Waals surface area contributed by atoms with E-state index in [2.05, 4.69) is 22.6 Å². The summed E-state index contributed by atoms with van der Waals surface area (Å²) in [5.74, 6) is -0.452. The predicted molar refractivity (Wildman–Crippen MR) is 96.6 cm³/mol. The molecule has 0 aliphatic carbocycles. The van der Waals surface area contributed by atoms with Gasteiger partial charge >= 0.3 is 0 Å². The quantitative estimate of drug-likeness (QED) is 0.287. The number of non-ortho nitro benzene ring substituents is 1. The van der Waals surface area contributed by atoms with Gasteiger partial charge in [0.25, 0.3) is 5.69 Å². The third kappa shape index (κ3) is 4.49. The zero-order valence-electron chi connectivity index (χ0n) is 13.7. The Morgan fingerprint density at radius 3 is 2.43 bits per heavy atom. The Kier molecular flexibility index (Phi) is 6.67. The largest absolute Gasteiger partial charge is 0.325 e. The Morgan fingerprint density at radius 1 is 1.39 bits per heavy atom. The number of nitro groups is 1. The molecule has 23 heavy (non-hydrogen) atoms. The molecule has 0 saturated carbocycles. The van der Waals surface area contributed by atoms with Gasteiger partial charge < -0.3 is 4.90 Å². The molecule has 0 saturated heterocycles. The molecule has 0 N–H and O–H groups in total. The highest BCUT2D eigenvalue weighted by Crippen LogP contribution is 2.33. The lowest BCUT2D eigenvalue weighted by Crippen LogP contribution is -2.50. The third-order valence-corrected chi connectivity index (χ3v) is 5.36. The molecule has 0 spiro atoms. The minimum atomic E-state index is -0.789. The van der Waals surface area contributed by atoms with Crippen molar-refractivity contribution in [1.29, 1.82) is 0 Å². The average molecular weight is 432 g/mol.